The first kappa shape index (κ1) is 15.0. The summed E-state index contributed by atoms with van der Waals surface area (Å²) in [6, 6.07) is 24.0. The second-order valence-corrected chi connectivity index (χ2v) is 6.10. The third-order valence-electron chi connectivity index (χ3n) is 4.76. The number of benzene rings is 3. The Morgan fingerprint density at radius 2 is 1.52 bits per heavy atom. The zero-order chi connectivity index (χ0) is 17.4. The van der Waals surface area contributed by atoms with Gasteiger partial charge in [0.1, 0.15) is 6.07 Å². The molecule has 0 unspecified atom stereocenters. The molecule has 3 aromatic rings. The van der Waals surface area contributed by atoms with Crippen LogP contribution in [0.1, 0.15) is 29.5 Å². The number of rotatable bonds is 1. The Hall–Kier alpha value is -3.56. The second-order valence-electron chi connectivity index (χ2n) is 6.10. The lowest BCUT2D eigenvalue weighted by Gasteiger charge is -2.37. The summed E-state index contributed by atoms with van der Waals surface area (Å²) in [7, 11) is 0. The molecule has 3 heteroatoms. The van der Waals surface area contributed by atoms with Crippen molar-refractivity contribution in [2.45, 2.75) is 12.8 Å². The first-order chi connectivity index (χ1) is 12.2. The Labute approximate surface area is 147 Å². The van der Waals surface area contributed by atoms with Gasteiger partial charge < -0.3 is 4.90 Å². The fourth-order valence-electron chi connectivity index (χ4n) is 3.54. The molecule has 0 radical (unpaired) electrons. The van der Waals surface area contributed by atoms with Crippen LogP contribution in [0.5, 0.6) is 0 Å². The summed E-state index contributed by atoms with van der Waals surface area (Å²) in [5.74, 6) is 0.276. The molecule has 0 saturated carbocycles. The number of hydrogen-bond acceptors (Lipinski definition) is 2. The van der Waals surface area contributed by atoms with Crippen LogP contribution in [0, 0.1) is 17.9 Å². The van der Waals surface area contributed by atoms with E-state index in [2.05, 4.69) is 47.0 Å². The minimum absolute atomic E-state index is 0.276. The van der Waals surface area contributed by atoms with E-state index in [4.69, 9.17) is 6.57 Å². The molecule has 25 heavy (non-hydrogen) atoms. The van der Waals surface area contributed by atoms with Crippen molar-refractivity contribution in [1.82, 2.24) is 0 Å². The largest absolute Gasteiger partial charge is 0.310 e. The topological polar surface area (TPSA) is 31.4 Å². The Morgan fingerprint density at radius 1 is 0.920 bits per heavy atom. The molecule has 0 amide bonds. The van der Waals surface area contributed by atoms with Crippen LogP contribution in [0.2, 0.25) is 0 Å². The Kier molecular flexibility index (Phi) is 3.49. The van der Waals surface area contributed by atoms with E-state index in [0.29, 0.717) is 11.3 Å². The molecule has 0 spiro atoms. The quantitative estimate of drug-likeness (QED) is 0.511. The van der Waals surface area contributed by atoms with Gasteiger partial charge in [0.15, 0.2) is 5.69 Å². The number of anilines is 3. The summed E-state index contributed by atoms with van der Waals surface area (Å²) in [5, 5.41) is 9.61. The predicted molar refractivity (Wildman–Crippen MR) is 99.6 cm³/mol. The maximum absolute atomic E-state index is 9.61. The fourth-order valence-corrected chi connectivity index (χ4v) is 3.54. The molecule has 0 aliphatic carbocycles. The van der Waals surface area contributed by atoms with E-state index < -0.39 is 0 Å². The van der Waals surface area contributed by atoms with Crippen LogP contribution in [0.4, 0.5) is 22.7 Å². The number of nitriles is 1. The van der Waals surface area contributed by atoms with Crippen LogP contribution in [0.15, 0.2) is 66.7 Å². The summed E-state index contributed by atoms with van der Waals surface area (Å²) in [6.07, 6.45) is 0. The average Bonchev–Trinajstić information content (AvgIpc) is 2.68. The van der Waals surface area contributed by atoms with E-state index in [1.54, 1.807) is 18.2 Å². The SMILES string of the molecule is [C-]#[N+]c1ccc(C#N)c(N2c3ccccc3C(C)c3ccccc32)c1. The zero-order valence-electron chi connectivity index (χ0n) is 13.8. The molecule has 3 nitrogen and oxygen atoms in total. The lowest BCUT2D eigenvalue weighted by Crippen LogP contribution is -2.21. The molecule has 0 fully saturated rings. The second kappa shape index (κ2) is 5.82. The van der Waals surface area contributed by atoms with Gasteiger partial charge in [-0.2, -0.15) is 5.26 Å². The average molecular weight is 321 g/mol. The molecule has 1 heterocycles. The van der Waals surface area contributed by atoms with Crippen LogP contribution in [0.3, 0.4) is 0 Å². The van der Waals surface area contributed by atoms with Crippen molar-refractivity contribution in [2.24, 2.45) is 0 Å². The zero-order valence-corrected chi connectivity index (χ0v) is 13.8. The van der Waals surface area contributed by atoms with Gasteiger partial charge in [0.25, 0.3) is 0 Å². The third-order valence-corrected chi connectivity index (χ3v) is 4.76. The summed E-state index contributed by atoms with van der Waals surface area (Å²) in [6.45, 7) is 9.53. The van der Waals surface area contributed by atoms with Crippen molar-refractivity contribution in [3.63, 3.8) is 0 Å². The van der Waals surface area contributed by atoms with Gasteiger partial charge in [-0.3, -0.25) is 0 Å². The normalized spacial score (nSPS) is 12.7. The van der Waals surface area contributed by atoms with E-state index in [1.807, 2.05) is 24.3 Å². The van der Waals surface area contributed by atoms with Crippen molar-refractivity contribution >= 4 is 22.7 Å². The number of para-hydroxylation sites is 2. The molecule has 1 aliphatic heterocycles. The van der Waals surface area contributed by atoms with Gasteiger partial charge in [0, 0.05) is 17.3 Å². The summed E-state index contributed by atoms with van der Waals surface area (Å²) in [5.41, 5.74) is 6.41. The first-order valence-corrected chi connectivity index (χ1v) is 8.14. The minimum Gasteiger partial charge on any atom is -0.310 e. The molecule has 3 aromatic carbocycles. The molecule has 0 aromatic heterocycles. The standard InChI is InChI=1S/C22H15N3/c1-15-18-7-3-5-9-20(18)25(21-10-6-4-8-19(15)21)22-13-17(24-2)12-11-16(22)14-23/h3-13,15H,1H3. The number of nitrogens with zero attached hydrogens (tertiary/aromatic N) is 3. The monoisotopic (exact) mass is 321 g/mol. The highest BCUT2D eigenvalue weighted by atomic mass is 15.2. The Bertz CT molecular complexity index is 1010. The lowest BCUT2D eigenvalue weighted by atomic mass is 9.86. The van der Waals surface area contributed by atoms with E-state index in [1.165, 1.54) is 11.1 Å². The molecule has 0 atom stereocenters. The summed E-state index contributed by atoms with van der Waals surface area (Å²) in [4.78, 5) is 5.65. The molecule has 4 rings (SSSR count). The highest BCUT2D eigenvalue weighted by molar-refractivity contribution is 5.87. The van der Waals surface area contributed by atoms with Gasteiger partial charge in [-0.25, -0.2) is 4.85 Å². The van der Waals surface area contributed by atoms with E-state index >= 15 is 0 Å². The fraction of sp³-hybridized carbons (Fsp3) is 0.0909. The molecule has 0 bridgehead atoms. The highest BCUT2D eigenvalue weighted by Crippen LogP contribution is 2.49. The van der Waals surface area contributed by atoms with Crippen molar-refractivity contribution in [3.05, 3.63) is 94.8 Å². The molecule has 0 N–H and O–H groups in total. The predicted octanol–water partition coefficient (Wildman–Crippen LogP) is 6.04. The third kappa shape index (κ3) is 2.26. The van der Waals surface area contributed by atoms with Gasteiger partial charge in [0.05, 0.1) is 17.8 Å². The van der Waals surface area contributed by atoms with E-state index in [0.717, 1.165) is 17.1 Å². The van der Waals surface area contributed by atoms with Crippen molar-refractivity contribution in [1.29, 1.82) is 5.26 Å². The Morgan fingerprint density at radius 3 is 2.08 bits per heavy atom. The lowest BCUT2D eigenvalue weighted by molar-refractivity contribution is 0.891. The van der Waals surface area contributed by atoms with Crippen molar-refractivity contribution in [3.8, 4) is 6.07 Å². The summed E-state index contributed by atoms with van der Waals surface area (Å²) < 4.78 is 0. The highest BCUT2D eigenvalue weighted by Gasteiger charge is 2.29. The van der Waals surface area contributed by atoms with Crippen LogP contribution < -0.4 is 4.90 Å². The van der Waals surface area contributed by atoms with Crippen LogP contribution in [-0.4, -0.2) is 0 Å². The smallest absolute Gasteiger partial charge is 0.189 e. The first-order valence-electron chi connectivity index (χ1n) is 8.14. The Balaban J connectivity index is 2.06. The van der Waals surface area contributed by atoms with Gasteiger partial charge in [-0.15, -0.1) is 0 Å². The molecule has 0 saturated heterocycles. The molecular formula is C22H15N3. The number of hydrogen-bond donors (Lipinski definition) is 0. The van der Waals surface area contributed by atoms with Crippen LogP contribution in [-0.2, 0) is 0 Å². The number of fused-ring (bicyclic) bond motifs is 2. The maximum Gasteiger partial charge on any atom is 0.189 e. The van der Waals surface area contributed by atoms with E-state index in [9.17, 15) is 5.26 Å². The van der Waals surface area contributed by atoms with E-state index in [-0.39, 0.29) is 5.92 Å². The maximum atomic E-state index is 9.61. The minimum atomic E-state index is 0.276. The summed E-state index contributed by atoms with van der Waals surface area (Å²) >= 11 is 0. The van der Waals surface area contributed by atoms with Gasteiger partial charge in [-0.1, -0.05) is 55.5 Å². The van der Waals surface area contributed by atoms with Crippen molar-refractivity contribution in [2.75, 3.05) is 4.90 Å². The van der Waals surface area contributed by atoms with Crippen LogP contribution in [0.25, 0.3) is 4.85 Å². The van der Waals surface area contributed by atoms with Gasteiger partial charge >= 0.3 is 0 Å². The molecule has 1 aliphatic rings. The molecule has 118 valence electrons. The van der Waals surface area contributed by atoms with Gasteiger partial charge in [-0.05, 0) is 29.3 Å². The molecular weight excluding hydrogens is 306 g/mol. The van der Waals surface area contributed by atoms with Crippen LogP contribution >= 0.6 is 0 Å². The van der Waals surface area contributed by atoms with Gasteiger partial charge in [0.2, 0.25) is 0 Å². The van der Waals surface area contributed by atoms with Crippen molar-refractivity contribution < 1.29 is 0 Å².